The molecule has 3 heterocycles. The van der Waals surface area contributed by atoms with Crippen molar-refractivity contribution in [2.45, 2.75) is 12.0 Å². The third-order valence-corrected chi connectivity index (χ3v) is 5.60. The SMILES string of the molecule is Cc1ccc2oc(S3(C)CC3)cc2n1. The van der Waals surface area contributed by atoms with Gasteiger partial charge in [-0.15, -0.1) is 0 Å². The van der Waals surface area contributed by atoms with Crippen molar-refractivity contribution >= 4 is 21.1 Å². The normalized spacial score (nSPS) is 21.0. The molecule has 14 heavy (non-hydrogen) atoms. The number of furan rings is 1. The number of pyridine rings is 1. The second kappa shape index (κ2) is 2.54. The number of hydrogen-bond donors (Lipinski definition) is 0. The van der Waals surface area contributed by atoms with Gasteiger partial charge in [-0.05, 0) is 36.8 Å². The largest absolute Gasteiger partial charge is 0.450 e. The average Bonchev–Trinajstić information content (AvgIpc) is 2.77. The van der Waals surface area contributed by atoms with Crippen molar-refractivity contribution in [2.75, 3.05) is 17.8 Å². The highest BCUT2D eigenvalue weighted by atomic mass is 32.3. The molecule has 0 unspecified atom stereocenters. The van der Waals surface area contributed by atoms with Gasteiger partial charge in [-0.1, -0.05) is 0 Å². The van der Waals surface area contributed by atoms with Crippen molar-refractivity contribution < 1.29 is 4.42 Å². The van der Waals surface area contributed by atoms with Crippen LogP contribution in [0.2, 0.25) is 0 Å². The van der Waals surface area contributed by atoms with E-state index < -0.39 is 10.0 Å². The molecule has 0 amide bonds. The number of rotatable bonds is 1. The maximum absolute atomic E-state index is 5.82. The molecule has 0 radical (unpaired) electrons. The van der Waals surface area contributed by atoms with Crippen LogP contribution in [0.4, 0.5) is 0 Å². The summed E-state index contributed by atoms with van der Waals surface area (Å²) >= 11 is 0. The van der Waals surface area contributed by atoms with Gasteiger partial charge in [0.05, 0.1) is 0 Å². The van der Waals surface area contributed by atoms with E-state index in [1.807, 2.05) is 19.1 Å². The van der Waals surface area contributed by atoms with Gasteiger partial charge in [0.25, 0.3) is 0 Å². The number of nitrogens with zero attached hydrogens (tertiary/aromatic N) is 1. The van der Waals surface area contributed by atoms with Crippen molar-refractivity contribution in [1.29, 1.82) is 0 Å². The Balaban J connectivity index is 2.20. The molecule has 74 valence electrons. The Bertz CT molecular complexity index is 499. The van der Waals surface area contributed by atoms with Gasteiger partial charge in [-0.25, -0.2) is 4.98 Å². The van der Waals surface area contributed by atoms with Crippen molar-refractivity contribution in [3.63, 3.8) is 0 Å². The van der Waals surface area contributed by atoms with E-state index >= 15 is 0 Å². The lowest BCUT2D eigenvalue weighted by Gasteiger charge is -2.07. The first-order valence-electron chi connectivity index (χ1n) is 4.78. The van der Waals surface area contributed by atoms with Crippen LogP contribution >= 0.6 is 10.0 Å². The van der Waals surface area contributed by atoms with E-state index in [0.29, 0.717) is 0 Å². The minimum atomic E-state index is -0.534. The van der Waals surface area contributed by atoms with Crippen LogP contribution in [-0.4, -0.2) is 22.7 Å². The molecule has 1 saturated heterocycles. The Labute approximate surface area is 84.6 Å². The zero-order valence-corrected chi connectivity index (χ0v) is 9.23. The molecule has 0 spiro atoms. The lowest BCUT2D eigenvalue weighted by molar-refractivity contribution is 0.513. The maximum Gasteiger partial charge on any atom is 0.153 e. The highest BCUT2D eigenvalue weighted by Gasteiger charge is 2.36. The van der Waals surface area contributed by atoms with Crippen LogP contribution in [0, 0.1) is 6.92 Å². The van der Waals surface area contributed by atoms with Crippen molar-refractivity contribution in [1.82, 2.24) is 4.98 Å². The molecule has 3 rings (SSSR count). The zero-order valence-electron chi connectivity index (χ0n) is 8.41. The average molecular weight is 207 g/mol. The molecule has 0 N–H and O–H groups in total. The van der Waals surface area contributed by atoms with Crippen LogP contribution in [-0.2, 0) is 0 Å². The van der Waals surface area contributed by atoms with Gasteiger partial charge < -0.3 is 4.42 Å². The molecule has 2 aromatic rings. The van der Waals surface area contributed by atoms with E-state index in [2.05, 4.69) is 17.3 Å². The highest BCUT2D eigenvalue weighted by molar-refractivity contribution is 8.38. The second-order valence-corrected chi connectivity index (χ2v) is 7.85. The first kappa shape index (κ1) is 8.36. The molecule has 1 aliphatic rings. The zero-order chi connectivity index (χ0) is 9.76. The molecule has 3 heteroatoms. The fourth-order valence-corrected chi connectivity index (χ4v) is 3.66. The molecule has 1 aliphatic heterocycles. The summed E-state index contributed by atoms with van der Waals surface area (Å²) in [6, 6.07) is 6.15. The topological polar surface area (TPSA) is 26.0 Å². The molecule has 0 aliphatic carbocycles. The van der Waals surface area contributed by atoms with Gasteiger partial charge in [0.2, 0.25) is 0 Å². The van der Waals surface area contributed by atoms with Crippen LogP contribution in [0.1, 0.15) is 5.69 Å². The highest BCUT2D eigenvalue weighted by Crippen LogP contribution is 2.65. The van der Waals surface area contributed by atoms with Crippen LogP contribution < -0.4 is 0 Å². The lowest BCUT2D eigenvalue weighted by atomic mass is 10.3. The Kier molecular flexibility index (Phi) is 1.52. The number of fused-ring (bicyclic) bond motifs is 1. The van der Waals surface area contributed by atoms with Crippen LogP contribution in [0.25, 0.3) is 11.1 Å². The molecule has 0 saturated carbocycles. The molecular formula is C11H13NOS. The van der Waals surface area contributed by atoms with Crippen molar-refractivity contribution in [3.8, 4) is 0 Å². The quantitative estimate of drug-likeness (QED) is 0.672. The van der Waals surface area contributed by atoms with E-state index in [1.54, 1.807) is 0 Å². The molecule has 2 aromatic heterocycles. The van der Waals surface area contributed by atoms with E-state index in [9.17, 15) is 0 Å². The summed E-state index contributed by atoms with van der Waals surface area (Å²) in [6.07, 6.45) is 2.33. The van der Waals surface area contributed by atoms with E-state index in [0.717, 1.165) is 16.8 Å². The fourth-order valence-electron chi connectivity index (χ4n) is 1.57. The summed E-state index contributed by atoms with van der Waals surface area (Å²) in [6.45, 7) is 2.01. The summed E-state index contributed by atoms with van der Waals surface area (Å²) in [5.41, 5.74) is 3.01. The molecule has 1 fully saturated rings. The lowest BCUT2D eigenvalue weighted by Crippen LogP contribution is -1.77. The number of aromatic nitrogens is 1. The minimum absolute atomic E-state index is 0.534. The Hall–Kier alpha value is -0.960. The van der Waals surface area contributed by atoms with E-state index in [1.165, 1.54) is 16.6 Å². The molecule has 0 atom stereocenters. The molecular weight excluding hydrogens is 194 g/mol. The maximum atomic E-state index is 5.82. The summed E-state index contributed by atoms with van der Waals surface area (Å²) < 4.78 is 5.82. The first-order valence-corrected chi connectivity index (χ1v) is 7.16. The first-order chi connectivity index (χ1) is 6.67. The predicted molar refractivity (Wildman–Crippen MR) is 60.3 cm³/mol. The molecule has 2 nitrogen and oxygen atoms in total. The third-order valence-electron chi connectivity index (χ3n) is 2.79. The molecule has 0 aromatic carbocycles. The Morgan fingerprint density at radius 3 is 2.86 bits per heavy atom. The monoisotopic (exact) mass is 207 g/mol. The number of hydrogen-bond acceptors (Lipinski definition) is 2. The van der Waals surface area contributed by atoms with Crippen molar-refractivity contribution in [2.24, 2.45) is 0 Å². The van der Waals surface area contributed by atoms with E-state index in [4.69, 9.17) is 4.42 Å². The third kappa shape index (κ3) is 1.16. The van der Waals surface area contributed by atoms with E-state index in [-0.39, 0.29) is 0 Å². The Morgan fingerprint density at radius 2 is 2.14 bits per heavy atom. The second-order valence-electron chi connectivity index (χ2n) is 4.08. The Morgan fingerprint density at radius 1 is 1.36 bits per heavy atom. The van der Waals surface area contributed by atoms with Gasteiger partial charge >= 0.3 is 0 Å². The number of aryl methyl sites for hydroxylation is 1. The summed E-state index contributed by atoms with van der Waals surface area (Å²) in [5, 5.41) is 1.19. The van der Waals surface area contributed by atoms with Crippen LogP contribution in [0.3, 0.4) is 0 Å². The van der Waals surface area contributed by atoms with Crippen LogP contribution in [0.15, 0.2) is 27.7 Å². The summed E-state index contributed by atoms with van der Waals surface area (Å²) in [4.78, 5) is 4.46. The van der Waals surface area contributed by atoms with Gasteiger partial charge in [-0.2, -0.15) is 10.0 Å². The fraction of sp³-hybridized carbons (Fsp3) is 0.364. The van der Waals surface area contributed by atoms with Crippen LogP contribution in [0.5, 0.6) is 0 Å². The molecule has 0 bridgehead atoms. The predicted octanol–water partition coefficient (Wildman–Crippen LogP) is 2.94. The van der Waals surface area contributed by atoms with Gasteiger partial charge in [0.1, 0.15) is 10.6 Å². The van der Waals surface area contributed by atoms with Crippen molar-refractivity contribution in [3.05, 3.63) is 23.9 Å². The smallest absolute Gasteiger partial charge is 0.153 e. The summed E-state index contributed by atoms with van der Waals surface area (Å²) in [5.74, 6) is 2.65. The summed E-state index contributed by atoms with van der Waals surface area (Å²) in [7, 11) is -0.534. The standard InChI is InChI=1S/C11H13NOS/c1-8-3-4-10-9(12-8)7-11(13-10)14(2)5-6-14/h3-4,7H,5-6H2,1-2H3. The minimum Gasteiger partial charge on any atom is -0.450 e. The van der Waals surface area contributed by atoms with Gasteiger partial charge in [-0.3, -0.25) is 0 Å². The van der Waals surface area contributed by atoms with Gasteiger partial charge in [0.15, 0.2) is 5.58 Å². The van der Waals surface area contributed by atoms with Gasteiger partial charge in [0, 0.05) is 11.8 Å².